The van der Waals surface area contributed by atoms with Crippen LogP contribution in [0.4, 0.5) is 0 Å². The van der Waals surface area contributed by atoms with Crippen molar-refractivity contribution in [2.24, 2.45) is 5.41 Å². The number of carbonyl (C=O) groups is 2. The molecular weight excluding hydrogens is 344 g/mol. The number of hydrogen-bond donors (Lipinski definition) is 2. The molecular formula is C21H30N2O4. The molecule has 0 aromatic heterocycles. The second kappa shape index (κ2) is 8.85. The number of aliphatic hydroxyl groups is 1. The number of benzene rings is 1. The molecule has 2 N–H and O–H groups in total. The monoisotopic (exact) mass is 374 g/mol. The van der Waals surface area contributed by atoms with E-state index in [9.17, 15) is 19.8 Å². The van der Waals surface area contributed by atoms with Gasteiger partial charge in [0.1, 0.15) is 5.41 Å². The molecule has 6 nitrogen and oxygen atoms in total. The highest BCUT2D eigenvalue weighted by Crippen LogP contribution is 2.36. The second-order valence-electron chi connectivity index (χ2n) is 7.92. The minimum absolute atomic E-state index is 0.00495. The fourth-order valence-electron chi connectivity index (χ4n) is 4.28. The van der Waals surface area contributed by atoms with Crippen LogP contribution >= 0.6 is 0 Å². The molecule has 3 rings (SSSR count). The van der Waals surface area contributed by atoms with Crippen molar-refractivity contribution in [3.05, 3.63) is 35.9 Å². The lowest BCUT2D eigenvalue weighted by Crippen LogP contribution is -2.58. The van der Waals surface area contributed by atoms with E-state index in [1.54, 1.807) is 4.90 Å². The zero-order chi connectivity index (χ0) is 19.3. The largest absolute Gasteiger partial charge is 0.481 e. The van der Waals surface area contributed by atoms with Crippen LogP contribution in [0.3, 0.4) is 0 Å². The number of carboxylic acid groups (broad SMARTS) is 1. The molecule has 6 heteroatoms. The Morgan fingerprint density at radius 2 is 1.70 bits per heavy atom. The van der Waals surface area contributed by atoms with Crippen molar-refractivity contribution in [1.82, 2.24) is 9.80 Å². The van der Waals surface area contributed by atoms with Crippen LogP contribution in [0.25, 0.3) is 0 Å². The van der Waals surface area contributed by atoms with Gasteiger partial charge in [-0.15, -0.1) is 0 Å². The van der Waals surface area contributed by atoms with Crippen molar-refractivity contribution in [3.63, 3.8) is 0 Å². The van der Waals surface area contributed by atoms with Crippen LogP contribution in [0.5, 0.6) is 0 Å². The quantitative estimate of drug-likeness (QED) is 0.821. The SMILES string of the molecule is O=C(CN1CCCCCC1)N1CC[C@](Cc2ccccc2)(C(=O)O)[C@H](O)C1. The van der Waals surface area contributed by atoms with Crippen LogP contribution in [-0.4, -0.2) is 70.7 Å². The molecule has 1 amide bonds. The fraction of sp³-hybridized carbons (Fsp3) is 0.619. The van der Waals surface area contributed by atoms with Gasteiger partial charge in [0.2, 0.25) is 5.91 Å². The van der Waals surface area contributed by atoms with Crippen molar-refractivity contribution in [2.45, 2.75) is 44.6 Å². The molecule has 2 aliphatic heterocycles. The summed E-state index contributed by atoms with van der Waals surface area (Å²) in [7, 11) is 0. The molecule has 0 aliphatic carbocycles. The van der Waals surface area contributed by atoms with Crippen LogP contribution in [0.15, 0.2) is 30.3 Å². The van der Waals surface area contributed by atoms with E-state index in [1.807, 2.05) is 30.3 Å². The van der Waals surface area contributed by atoms with Gasteiger partial charge in [0.15, 0.2) is 0 Å². The lowest BCUT2D eigenvalue weighted by atomic mass is 9.71. The molecule has 2 saturated heterocycles. The van der Waals surface area contributed by atoms with Crippen molar-refractivity contribution in [1.29, 1.82) is 0 Å². The molecule has 27 heavy (non-hydrogen) atoms. The number of aliphatic carboxylic acids is 1. The highest BCUT2D eigenvalue weighted by molar-refractivity contribution is 5.80. The number of aliphatic hydroxyl groups excluding tert-OH is 1. The van der Waals surface area contributed by atoms with Crippen LogP contribution in [-0.2, 0) is 16.0 Å². The van der Waals surface area contributed by atoms with E-state index in [1.165, 1.54) is 12.8 Å². The van der Waals surface area contributed by atoms with Crippen molar-refractivity contribution in [2.75, 3.05) is 32.7 Å². The Hall–Kier alpha value is -1.92. The van der Waals surface area contributed by atoms with E-state index in [0.717, 1.165) is 31.5 Å². The lowest BCUT2D eigenvalue weighted by Gasteiger charge is -2.43. The van der Waals surface area contributed by atoms with Crippen LogP contribution in [0.2, 0.25) is 0 Å². The minimum Gasteiger partial charge on any atom is -0.481 e. The van der Waals surface area contributed by atoms with Gasteiger partial charge in [-0.1, -0.05) is 43.2 Å². The Morgan fingerprint density at radius 3 is 2.30 bits per heavy atom. The first-order chi connectivity index (χ1) is 13.0. The van der Waals surface area contributed by atoms with E-state index < -0.39 is 17.5 Å². The third-order valence-corrected chi connectivity index (χ3v) is 6.06. The van der Waals surface area contributed by atoms with Gasteiger partial charge in [-0.2, -0.15) is 0 Å². The van der Waals surface area contributed by atoms with Gasteiger partial charge in [0.25, 0.3) is 0 Å². The number of nitrogens with zero attached hydrogens (tertiary/aromatic N) is 2. The van der Waals surface area contributed by atoms with Crippen LogP contribution < -0.4 is 0 Å². The Morgan fingerprint density at radius 1 is 1.04 bits per heavy atom. The summed E-state index contributed by atoms with van der Waals surface area (Å²) in [5, 5.41) is 20.6. The lowest BCUT2D eigenvalue weighted by molar-refractivity contribution is -0.166. The Bertz CT molecular complexity index is 643. The normalized spacial score (nSPS) is 27.1. The van der Waals surface area contributed by atoms with Gasteiger partial charge in [-0.25, -0.2) is 0 Å². The molecule has 0 unspecified atom stereocenters. The number of likely N-dealkylation sites (tertiary alicyclic amines) is 2. The summed E-state index contributed by atoms with van der Waals surface area (Å²) in [6.45, 7) is 2.71. The van der Waals surface area contributed by atoms with Gasteiger partial charge in [-0.3, -0.25) is 14.5 Å². The van der Waals surface area contributed by atoms with E-state index >= 15 is 0 Å². The Labute approximate surface area is 160 Å². The van der Waals surface area contributed by atoms with Gasteiger partial charge in [-0.05, 0) is 44.3 Å². The zero-order valence-corrected chi connectivity index (χ0v) is 15.8. The van der Waals surface area contributed by atoms with E-state index in [0.29, 0.717) is 13.1 Å². The summed E-state index contributed by atoms with van der Waals surface area (Å²) >= 11 is 0. The number of hydrogen-bond acceptors (Lipinski definition) is 4. The summed E-state index contributed by atoms with van der Waals surface area (Å²) in [6, 6.07) is 9.40. The van der Waals surface area contributed by atoms with Gasteiger partial charge in [0, 0.05) is 13.1 Å². The third kappa shape index (κ3) is 4.68. The average Bonchev–Trinajstić information content (AvgIpc) is 2.92. The fourth-order valence-corrected chi connectivity index (χ4v) is 4.28. The summed E-state index contributed by atoms with van der Waals surface area (Å²) < 4.78 is 0. The summed E-state index contributed by atoms with van der Waals surface area (Å²) in [5.74, 6) is -0.992. The van der Waals surface area contributed by atoms with Crippen molar-refractivity contribution >= 4 is 11.9 Å². The number of piperidine rings is 1. The van der Waals surface area contributed by atoms with Crippen LogP contribution in [0.1, 0.15) is 37.7 Å². The molecule has 1 aromatic carbocycles. The van der Waals surface area contributed by atoms with Gasteiger partial charge >= 0.3 is 5.97 Å². The highest BCUT2D eigenvalue weighted by Gasteiger charge is 2.49. The predicted molar refractivity (Wildman–Crippen MR) is 102 cm³/mol. The Kier molecular flexibility index (Phi) is 6.50. The maximum atomic E-state index is 12.7. The third-order valence-electron chi connectivity index (χ3n) is 6.06. The molecule has 0 saturated carbocycles. The smallest absolute Gasteiger partial charge is 0.312 e. The van der Waals surface area contributed by atoms with Gasteiger partial charge in [0.05, 0.1) is 12.6 Å². The first-order valence-corrected chi connectivity index (χ1v) is 9.97. The van der Waals surface area contributed by atoms with Gasteiger partial charge < -0.3 is 15.1 Å². The maximum Gasteiger partial charge on any atom is 0.312 e. The second-order valence-corrected chi connectivity index (χ2v) is 7.92. The number of carbonyl (C=O) groups excluding carboxylic acids is 1. The summed E-state index contributed by atoms with van der Waals surface area (Å²) in [6.07, 6.45) is 4.14. The van der Waals surface area contributed by atoms with Crippen molar-refractivity contribution < 1.29 is 19.8 Å². The number of carboxylic acids is 1. The molecule has 2 atom stereocenters. The molecule has 1 aromatic rings. The predicted octanol–water partition coefficient (Wildman–Crippen LogP) is 1.77. The molecule has 2 fully saturated rings. The topological polar surface area (TPSA) is 81.1 Å². The zero-order valence-electron chi connectivity index (χ0n) is 15.8. The minimum atomic E-state index is -1.24. The number of rotatable bonds is 5. The molecule has 0 bridgehead atoms. The average molecular weight is 374 g/mol. The van der Waals surface area contributed by atoms with Crippen molar-refractivity contribution in [3.8, 4) is 0 Å². The number of amides is 1. The first kappa shape index (κ1) is 19.8. The first-order valence-electron chi connectivity index (χ1n) is 9.97. The molecule has 148 valence electrons. The van der Waals surface area contributed by atoms with E-state index in [4.69, 9.17) is 0 Å². The summed E-state index contributed by atoms with van der Waals surface area (Å²) in [5.41, 5.74) is -0.343. The van der Waals surface area contributed by atoms with E-state index in [-0.39, 0.29) is 25.3 Å². The maximum absolute atomic E-state index is 12.7. The van der Waals surface area contributed by atoms with Crippen LogP contribution in [0, 0.1) is 5.41 Å². The molecule has 2 aliphatic rings. The standard InChI is InChI=1S/C21H30N2O4/c24-18-15-23(19(25)16-22-11-6-1-2-7-12-22)13-10-21(18,20(26)27)14-17-8-4-3-5-9-17/h3-5,8-9,18,24H,1-2,6-7,10-16H2,(H,26,27)/t18-,21-/m1/s1. The number of β-amino-alcohol motifs (C(OH)–C–C–N with tert-alkyl or cyclic N) is 1. The highest BCUT2D eigenvalue weighted by atomic mass is 16.4. The van der Waals surface area contributed by atoms with E-state index in [2.05, 4.69) is 4.90 Å². The Balaban J connectivity index is 1.64. The molecule has 0 spiro atoms. The molecule has 0 radical (unpaired) electrons. The molecule has 2 heterocycles. The summed E-state index contributed by atoms with van der Waals surface area (Å²) in [4.78, 5) is 28.6.